The molecule has 0 bridgehead atoms. The molecule has 3 aromatic rings. The molecule has 0 amide bonds. The lowest BCUT2D eigenvalue weighted by Crippen LogP contribution is -2.12. The lowest BCUT2D eigenvalue weighted by Gasteiger charge is -2.28. The lowest BCUT2D eigenvalue weighted by atomic mass is 9.77. The van der Waals surface area contributed by atoms with E-state index < -0.39 is 0 Å². The molecule has 0 saturated heterocycles. The summed E-state index contributed by atoms with van der Waals surface area (Å²) >= 11 is 0. The molecule has 0 spiro atoms. The van der Waals surface area contributed by atoms with Gasteiger partial charge < -0.3 is 4.74 Å². The Hall–Kier alpha value is -2.90. The van der Waals surface area contributed by atoms with Gasteiger partial charge in [0.2, 0.25) is 0 Å². The van der Waals surface area contributed by atoms with Crippen LogP contribution in [0, 0.1) is 5.92 Å². The first-order valence-electron chi connectivity index (χ1n) is 12.9. The second kappa shape index (κ2) is 12.5. The van der Waals surface area contributed by atoms with Crippen LogP contribution < -0.4 is 0 Å². The highest BCUT2D eigenvalue weighted by molar-refractivity contribution is 5.70. The van der Waals surface area contributed by atoms with Crippen molar-refractivity contribution in [3.05, 3.63) is 109 Å². The van der Waals surface area contributed by atoms with Crippen LogP contribution in [0.15, 0.2) is 97.6 Å². The Bertz CT molecular complexity index is 1030. The summed E-state index contributed by atoms with van der Waals surface area (Å²) in [6.45, 7) is 7.11. The predicted octanol–water partition coefficient (Wildman–Crippen LogP) is 9.35. The van der Waals surface area contributed by atoms with Gasteiger partial charge in [0.05, 0.1) is 13.2 Å². The fourth-order valence-electron chi connectivity index (χ4n) is 5.04. The topological polar surface area (TPSA) is 9.23 Å². The molecule has 176 valence electrons. The van der Waals surface area contributed by atoms with Crippen molar-refractivity contribution in [2.45, 2.75) is 58.0 Å². The van der Waals surface area contributed by atoms with Crippen LogP contribution in [0.2, 0.25) is 0 Å². The van der Waals surface area contributed by atoms with E-state index in [1.165, 1.54) is 65.5 Å². The highest BCUT2D eigenvalue weighted by atomic mass is 16.5. The normalized spacial score (nSPS) is 18.3. The summed E-state index contributed by atoms with van der Waals surface area (Å²) in [6.07, 6.45) is 14.3. The molecule has 1 saturated carbocycles. The number of allylic oxidation sites excluding steroid dienone is 2. The molecule has 0 unspecified atom stereocenters. The van der Waals surface area contributed by atoms with Crippen molar-refractivity contribution in [1.29, 1.82) is 0 Å². The van der Waals surface area contributed by atoms with Crippen molar-refractivity contribution in [3.8, 4) is 22.3 Å². The predicted molar refractivity (Wildman–Crippen MR) is 146 cm³/mol. The van der Waals surface area contributed by atoms with Crippen molar-refractivity contribution < 1.29 is 4.74 Å². The molecular weight excluding hydrogens is 412 g/mol. The van der Waals surface area contributed by atoms with Gasteiger partial charge in [0.15, 0.2) is 0 Å². The van der Waals surface area contributed by atoms with Crippen LogP contribution in [-0.4, -0.2) is 6.61 Å². The van der Waals surface area contributed by atoms with Gasteiger partial charge in [0.25, 0.3) is 0 Å². The first kappa shape index (κ1) is 24.2. The number of hydrogen-bond donors (Lipinski definition) is 0. The van der Waals surface area contributed by atoms with Crippen molar-refractivity contribution >= 4 is 0 Å². The van der Waals surface area contributed by atoms with E-state index in [9.17, 15) is 0 Å². The van der Waals surface area contributed by atoms with Crippen LogP contribution in [0.3, 0.4) is 0 Å². The third-order valence-corrected chi connectivity index (χ3v) is 7.11. The van der Waals surface area contributed by atoms with E-state index in [4.69, 9.17) is 4.74 Å². The summed E-state index contributed by atoms with van der Waals surface area (Å²) in [5.41, 5.74) is 7.74. The van der Waals surface area contributed by atoms with Crippen LogP contribution in [0.25, 0.3) is 22.3 Å². The van der Waals surface area contributed by atoms with E-state index in [-0.39, 0.29) is 0 Å². The first-order valence-corrected chi connectivity index (χ1v) is 12.9. The van der Waals surface area contributed by atoms with Gasteiger partial charge >= 0.3 is 0 Å². The molecule has 1 heteroatoms. The molecule has 0 N–H and O–H groups in total. The van der Waals surface area contributed by atoms with Gasteiger partial charge in [0, 0.05) is 0 Å². The monoisotopic (exact) mass is 450 g/mol. The Balaban J connectivity index is 1.33. The molecule has 0 aliphatic heterocycles. The average Bonchev–Trinajstić information content (AvgIpc) is 2.90. The molecule has 34 heavy (non-hydrogen) atoms. The third-order valence-electron chi connectivity index (χ3n) is 7.11. The van der Waals surface area contributed by atoms with Gasteiger partial charge in [-0.15, -0.1) is 6.58 Å². The summed E-state index contributed by atoms with van der Waals surface area (Å²) in [7, 11) is 0. The minimum Gasteiger partial charge on any atom is -0.373 e. The Labute approximate surface area is 206 Å². The Morgan fingerprint density at radius 1 is 0.735 bits per heavy atom. The summed E-state index contributed by atoms with van der Waals surface area (Å²) in [5, 5.41) is 0. The quantitative estimate of drug-likeness (QED) is 0.221. The minimum atomic E-state index is 0.586. The second-order valence-electron chi connectivity index (χ2n) is 9.53. The second-order valence-corrected chi connectivity index (χ2v) is 9.53. The Kier molecular flexibility index (Phi) is 8.93. The molecule has 1 fully saturated rings. The number of rotatable bonds is 10. The van der Waals surface area contributed by atoms with Gasteiger partial charge in [-0.25, -0.2) is 0 Å². The minimum absolute atomic E-state index is 0.586. The molecule has 0 atom stereocenters. The maximum atomic E-state index is 5.53. The van der Waals surface area contributed by atoms with Crippen LogP contribution in [0.4, 0.5) is 0 Å². The zero-order chi connectivity index (χ0) is 23.6. The van der Waals surface area contributed by atoms with E-state index in [0.717, 1.165) is 18.3 Å². The fourth-order valence-corrected chi connectivity index (χ4v) is 5.04. The zero-order valence-corrected chi connectivity index (χ0v) is 20.6. The number of benzene rings is 3. The van der Waals surface area contributed by atoms with Crippen molar-refractivity contribution in [3.63, 3.8) is 0 Å². The van der Waals surface area contributed by atoms with E-state index >= 15 is 0 Å². The molecule has 1 aliphatic carbocycles. The molecule has 0 heterocycles. The summed E-state index contributed by atoms with van der Waals surface area (Å²) in [4.78, 5) is 0. The molecular formula is C33H38O. The van der Waals surface area contributed by atoms with Crippen LogP contribution in [0.1, 0.15) is 62.5 Å². The highest BCUT2D eigenvalue weighted by Gasteiger charge is 2.21. The zero-order valence-electron chi connectivity index (χ0n) is 20.6. The maximum absolute atomic E-state index is 5.53. The summed E-state index contributed by atoms with van der Waals surface area (Å²) in [5.74, 6) is 1.62. The molecule has 1 aliphatic rings. The third kappa shape index (κ3) is 6.58. The van der Waals surface area contributed by atoms with E-state index in [1.807, 2.05) is 0 Å². The molecule has 0 radical (unpaired) electrons. The molecule has 1 nitrogen and oxygen atoms in total. The van der Waals surface area contributed by atoms with Gasteiger partial charge in [0.1, 0.15) is 0 Å². The van der Waals surface area contributed by atoms with Crippen molar-refractivity contribution in [2.24, 2.45) is 5.92 Å². The summed E-state index contributed by atoms with van der Waals surface area (Å²) < 4.78 is 5.53. The Morgan fingerprint density at radius 3 is 1.79 bits per heavy atom. The van der Waals surface area contributed by atoms with Crippen LogP contribution in [-0.2, 0) is 11.3 Å². The standard InChI is InChI=1S/C33H38O/c1-3-5-6-7-26-8-12-28(13-9-26)30-16-20-32(21-17-30)33-22-18-31(19-23-33)29-14-10-27(11-15-29)25-34-24-4-2/h4-6,10-11,14-23,26,28H,2-3,7-9,12-13,24-25H2,1H3/b6-5+/t26-,28-. The first-order chi connectivity index (χ1) is 16.8. The van der Waals surface area contributed by atoms with Crippen LogP contribution in [0.5, 0.6) is 0 Å². The van der Waals surface area contributed by atoms with E-state index in [0.29, 0.717) is 13.2 Å². The van der Waals surface area contributed by atoms with Gasteiger partial charge in [-0.3, -0.25) is 0 Å². The molecule has 4 rings (SSSR count). The summed E-state index contributed by atoms with van der Waals surface area (Å²) in [6, 6.07) is 26.9. The van der Waals surface area contributed by atoms with E-state index in [2.05, 4.69) is 98.5 Å². The maximum Gasteiger partial charge on any atom is 0.0721 e. The number of ether oxygens (including phenoxy) is 1. The van der Waals surface area contributed by atoms with Crippen molar-refractivity contribution in [2.75, 3.05) is 6.61 Å². The van der Waals surface area contributed by atoms with Gasteiger partial charge in [-0.1, -0.05) is 97.9 Å². The largest absolute Gasteiger partial charge is 0.373 e. The SMILES string of the molecule is C=CCOCc1ccc(-c2ccc(-c3ccc([C@H]4CC[C@H](C/C=C/CC)CC4)cc3)cc2)cc1. The lowest BCUT2D eigenvalue weighted by molar-refractivity contribution is 0.149. The fraction of sp³-hybridized carbons (Fsp3) is 0.333. The van der Waals surface area contributed by atoms with E-state index in [1.54, 1.807) is 6.08 Å². The van der Waals surface area contributed by atoms with Gasteiger partial charge in [-0.2, -0.15) is 0 Å². The Morgan fingerprint density at radius 2 is 1.26 bits per heavy atom. The average molecular weight is 451 g/mol. The van der Waals surface area contributed by atoms with Crippen molar-refractivity contribution in [1.82, 2.24) is 0 Å². The highest BCUT2D eigenvalue weighted by Crippen LogP contribution is 2.38. The van der Waals surface area contributed by atoms with Crippen LogP contribution >= 0.6 is 0 Å². The number of hydrogen-bond acceptors (Lipinski definition) is 1. The molecule has 3 aromatic carbocycles. The molecule has 0 aromatic heterocycles. The van der Waals surface area contributed by atoms with Gasteiger partial charge in [-0.05, 0) is 83.7 Å². The smallest absolute Gasteiger partial charge is 0.0721 e.